The summed E-state index contributed by atoms with van der Waals surface area (Å²) in [4.78, 5) is 25.8. The number of aromatic nitrogens is 4. The number of hydrogen-bond acceptors (Lipinski definition) is 6. The fourth-order valence-corrected chi connectivity index (χ4v) is 3.34. The summed E-state index contributed by atoms with van der Waals surface area (Å²) in [5.74, 6) is -1.24. The summed E-state index contributed by atoms with van der Waals surface area (Å²) in [6.07, 6.45) is 4.36. The second-order valence-corrected chi connectivity index (χ2v) is 7.60. The van der Waals surface area contributed by atoms with Crippen molar-refractivity contribution in [3.63, 3.8) is 0 Å². The van der Waals surface area contributed by atoms with Gasteiger partial charge < -0.3 is 20.8 Å². The van der Waals surface area contributed by atoms with Crippen LogP contribution in [0.4, 0.5) is 5.69 Å². The lowest BCUT2D eigenvalue weighted by atomic mass is 10.0. The summed E-state index contributed by atoms with van der Waals surface area (Å²) in [5, 5.41) is 23.3. The highest BCUT2D eigenvalue weighted by molar-refractivity contribution is 6.27. The van der Waals surface area contributed by atoms with Crippen molar-refractivity contribution >= 4 is 34.1 Å². The van der Waals surface area contributed by atoms with E-state index in [0.717, 1.165) is 16.6 Å². The summed E-state index contributed by atoms with van der Waals surface area (Å²) in [7, 11) is 5.08. The maximum absolute atomic E-state index is 12.9. The van der Waals surface area contributed by atoms with E-state index in [-0.39, 0.29) is 23.9 Å². The molecule has 0 aliphatic carbocycles. The Labute approximate surface area is 185 Å². The van der Waals surface area contributed by atoms with Crippen LogP contribution in [0.25, 0.3) is 10.9 Å². The lowest BCUT2D eigenvalue weighted by Crippen LogP contribution is -2.39. The van der Waals surface area contributed by atoms with E-state index in [2.05, 4.69) is 20.8 Å². The van der Waals surface area contributed by atoms with Crippen LogP contribution < -0.4 is 10.6 Å². The number of methoxy groups -OCH3 is 1. The van der Waals surface area contributed by atoms with Crippen LogP contribution in [0.15, 0.2) is 42.2 Å². The molecule has 0 bridgehead atoms. The number of carbonyl (C=O) groups excluding carboxylic acids is 2. The highest BCUT2D eigenvalue weighted by atomic mass is 16.5. The molecule has 3 rings (SSSR count). The number of aryl methyl sites for hydroxylation is 3. The Hall–Kier alpha value is -3.79. The minimum absolute atomic E-state index is 0.0247. The normalized spacial score (nSPS) is 12.6. The molecule has 0 saturated carbocycles. The third kappa shape index (κ3) is 5.09. The van der Waals surface area contributed by atoms with E-state index in [1.807, 2.05) is 26.1 Å². The molecule has 0 radical (unpaired) electrons. The third-order valence-electron chi connectivity index (χ3n) is 4.88. The number of carbonyl (C=O) groups is 2. The van der Waals surface area contributed by atoms with E-state index < -0.39 is 11.8 Å². The van der Waals surface area contributed by atoms with E-state index in [0.29, 0.717) is 11.3 Å². The standard InChI is InChI=1S/C22H27N7O3/c1-13(12-32-5)25-21(30)18(22(31)26-16-10-24-28(3)11-16)9-19(23)15-6-7-17-14(2)27-29(4)20(17)8-15/h6-11,13,23H,12H2,1-5H3,(H,25,30)(H,26,31)/b18-9-,23-19?/t13-/m0/s1. The minimum atomic E-state index is -0.637. The highest BCUT2D eigenvalue weighted by Crippen LogP contribution is 2.20. The maximum Gasteiger partial charge on any atom is 0.261 e. The lowest BCUT2D eigenvalue weighted by Gasteiger charge is -2.14. The topological polar surface area (TPSA) is 127 Å². The van der Waals surface area contributed by atoms with Crippen molar-refractivity contribution in [3.8, 4) is 0 Å². The highest BCUT2D eigenvalue weighted by Gasteiger charge is 2.22. The predicted octanol–water partition coefficient (Wildman–Crippen LogP) is 1.70. The Bertz CT molecular complexity index is 1210. The molecule has 3 N–H and O–H groups in total. The fraction of sp³-hybridized carbons (Fsp3) is 0.318. The van der Waals surface area contributed by atoms with Gasteiger partial charge in [-0.2, -0.15) is 10.2 Å². The second-order valence-electron chi connectivity index (χ2n) is 7.60. The van der Waals surface area contributed by atoms with Crippen LogP contribution in [-0.2, 0) is 28.4 Å². The maximum atomic E-state index is 12.9. The number of hydrogen-bond donors (Lipinski definition) is 3. The summed E-state index contributed by atoms with van der Waals surface area (Å²) in [6, 6.07) is 5.16. The first-order valence-electron chi connectivity index (χ1n) is 10.0. The monoisotopic (exact) mass is 437 g/mol. The molecule has 0 saturated heterocycles. The van der Waals surface area contributed by atoms with Crippen LogP contribution in [-0.4, -0.2) is 56.8 Å². The van der Waals surface area contributed by atoms with E-state index in [4.69, 9.17) is 10.1 Å². The third-order valence-corrected chi connectivity index (χ3v) is 4.88. The van der Waals surface area contributed by atoms with Gasteiger partial charge in [0.15, 0.2) is 0 Å². The van der Waals surface area contributed by atoms with E-state index in [1.54, 1.807) is 30.9 Å². The molecule has 0 aliphatic heterocycles. The number of ether oxygens (including phenoxy) is 1. The van der Waals surface area contributed by atoms with Gasteiger partial charge in [-0.3, -0.25) is 19.0 Å². The van der Waals surface area contributed by atoms with Gasteiger partial charge in [0.05, 0.1) is 35.4 Å². The van der Waals surface area contributed by atoms with Gasteiger partial charge in [-0.05, 0) is 26.0 Å². The SMILES string of the molecule is COC[C@H](C)NC(=O)/C(=C/C(=N)c1ccc2c(C)nn(C)c2c1)C(=O)Nc1cnn(C)c1. The molecular formula is C22H27N7O3. The number of amides is 2. The van der Waals surface area contributed by atoms with Crippen LogP contribution in [0.5, 0.6) is 0 Å². The molecule has 10 heteroatoms. The van der Waals surface area contributed by atoms with Gasteiger partial charge in [-0.15, -0.1) is 0 Å². The van der Waals surface area contributed by atoms with Crippen molar-refractivity contribution in [2.45, 2.75) is 19.9 Å². The minimum Gasteiger partial charge on any atom is -0.383 e. The Balaban J connectivity index is 1.93. The van der Waals surface area contributed by atoms with Gasteiger partial charge in [0.2, 0.25) is 0 Å². The molecule has 3 aromatic rings. The van der Waals surface area contributed by atoms with Gasteiger partial charge in [0.1, 0.15) is 5.57 Å². The molecule has 0 aliphatic rings. The van der Waals surface area contributed by atoms with Gasteiger partial charge >= 0.3 is 0 Å². The number of nitrogens with zero attached hydrogens (tertiary/aromatic N) is 4. The van der Waals surface area contributed by atoms with Crippen molar-refractivity contribution in [1.29, 1.82) is 5.41 Å². The average molecular weight is 438 g/mol. The predicted molar refractivity (Wildman–Crippen MR) is 122 cm³/mol. The summed E-state index contributed by atoms with van der Waals surface area (Å²) >= 11 is 0. The van der Waals surface area contributed by atoms with Crippen molar-refractivity contribution < 1.29 is 14.3 Å². The van der Waals surface area contributed by atoms with Gasteiger partial charge in [0, 0.05) is 44.4 Å². The molecule has 32 heavy (non-hydrogen) atoms. The molecule has 2 aromatic heterocycles. The quantitative estimate of drug-likeness (QED) is 0.214. The van der Waals surface area contributed by atoms with Crippen LogP contribution in [0.1, 0.15) is 18.2 Å². The first-order valence-corrected chi connectivity index (χ1v) is 10.0. The number of anilines is 1. The Kier molecular flexibility index (Phi) is 6.84. The van der Waals surface area contributed by atoms with Crippen molar-refractivity contribution in [1.82, 2.24) is 24.9 Å². The van der Waals surface area contributed by atoms with Crippen LogP contribution in [0.2, 0.25) is 0 Å². The molecule has 1 aromatic carbocycles. The molecule has 168 valence electrons. The van der Waals surface area contributed by atoms with Crippen molar-refractivity contribution in [2.75, 3.05) is 19.0 Å². The second kappa shape index (κ2) is 9.56. The van der Waals surface area contributed by atoms with E-state index >= 15 is 0 Å². The van der Waals surface area contributed by atoms with Crippen molar-refractivity contribution in [2.24, 2.45) is 14.1 Å². The van der Waals surface area contributed by atoms with Gasteiger partial charge in [0.25, 0.3) is 11.8 Å². The van der Waals surface area contributed by atoms with Crippen LogP contribution >= 0.6 is 0 Å². The molecule has 0 unspecified atom stereocenters. The Morgan fingerprint density at radius 2 is 2.03 bits per heavy atom. The zero-order chi connectivity index (χ0) is 23.4. The first kappa shape index (κ1) is 22.9. The molecule has 10 nitrogen and oxygen atoms in total. The molecule has 0 spiro atoms. The van der Waals surface area contributed by atoms with Crippen LogP contribution in [0.3, 0.4) is 0 Å². The summed E-state index contributed by atoms with van der Waals surface area (Å²) in [5.41, 5.74) is 2.58. The van der Waals surface area contributed by atoms with E-state index in [9.17, 15) is 9.59 Å². The number of allylic oxidation sites excluding steroid dienone is 1. The number of rotatable bonds is 8. The van der Waals surface area contributed by atoms with Crippen LogP contribution in [0, 0.1) is 12.3 Å². The Morgan fingerprint density at radius 3 is 2.69 bits per heavy atom. The molecular weight excluding hydrogens is 410 g/mol. The number of fused-ring (bicyclic) bond motifs is 1. The molecule has 2 amide bonds. The molecule has 2 heterocycles. The summed E-state index contributed by atoms with van der Waals surface area (Å²) < 4.78 is 8.32. The zero-order valence-electron chi connectivity index (χ0n) is 18.8. The van der Waals surface area contributed by atoms with E-state index in [1.165, 1.54) is 24.1 Å². The van der Waals surface area contributed by atoms with Gasteiger partial charge in [-0.25, -0.2) is 0 Å². The summed E-state index contributed by atoms with van der Waals surface area (Å²) in [6.45, 7) is 3.97. The number of benzene rings is 1. The average Bonchev–Trinajstić information content (AvgIpc) is 3.27. The first-order chi connectivity index (χ1) is 15.2. The lowest BCUT2D eigenvalue weighted by molar-refractivity contribution is -0.122. The zero-order valence-corrected chi connectivity index (χ0v) is 18.8. The van der Waals surface area contributed by atoms with Gasteiger partial charge in [-0.1, -0.05) is 12.1 Å². The number of nitrogens with one attached hydrogen (secondary N) is 3. The largest absolute Gasteiger partial charge is 0.383 e. The Morgan fingerprint density at radius 1 is 1.28 bits per heavy atom. The smallest absolute Gasteiger partial charge is 0.261 e. The molecule has 0 fully saturated rings. The molecule has 1 atom stereocenters. The fourth-order valence-electron chi connectivity index (χ4n) is 3.34. The van der Waals surface area contributed by atoms with Crippen molar-refractivity contribution in [3.05, 3.63) is 53.5 Å².